The van der Waals surface area contributed by atoms with Crippen LogP contribution in [-0.2, 0) is 6.61 Å². The van der Waals surface area contributed by atoms with Gasteiger partial charge in [-0.05, 0) is 54.2 Å². The van der Waals surface area contributed by atoms with E-state index in [9.17, 15) is 10.1 Å². The first-order valence-electron chi connectivity index (χ1n) is 10.0. The molecule has 0 spiro atoms. The Kier molecular flexibility index (Phi) is 5.34. The molecule has 0 aliphatic carbocycles. The van der Waals surface area contributed by atoms with Crippen molar-refractivity contribution in [3.05, 3.63) is 70.3 Å². The van der Waals surface area contributed by atoms with Crippen molar-refractivity contribution in [2.45, 2.75) is 26.9 Å². The van der Waals surface area contributed by atoms with Crippen LogP contribution in [0.2, 0.25) is 0 Å². The fourth-order valence-corrected chi connectivity index (χ4v) is 4.13. The molecule has 4 rings (SSSR count). The Morgan fingerprint density at radius 2 is 1.79 bits per heavy atom. The van der Waals surface area contributed by atoms with Crippen molar-refractivity contribution in [1.29, 1.82) is 0 Å². The summed E-state index contributed by atoms with van der Waals surface area (Å²) in [5.41, 5.74) is 1.80. The molecule has 0 saturated carbocycles. The molecule has 150 valence electrons. The molecule has 6 nitrogen and oxygen atoms in total. The van der Waals surface area contributed by atoms with Crippen LogP contribution < -0.4 is 9.64 Å². The normalized spacial score (nSPS) is 19.3. The van der Waals surface area contributed by atoms with E-state index in [0.717, 1.165) is 41.1 Å². The molecule has 6 heteroatoms. The second kappa shape index (κ2) is 8.07. The first-order chi connectivity index (χ1) is 14.0. The lowest BCUT2D eigenvalue weighted by atomic mass is 9.92. The number of aromatic nitrogens is 1. The van der Waals surface area contributed by atoms with Gasteiger partial charge in [0.25, 0.3) is 5.69 Å². The molecule has 2 heterocycles. The van der Waals surface area contributed by atoms with Crippen molar-refractivity contribution < 1.29 is 9.66 Å². The van der Waals surface area contributed by atoms with Gasteiger partial charge < -0.3 is 9.64 Å². The minimum atomic E-state index is -0.400. The standard InChI is InChI=1S/C23H25N3O3/c1-16-12-17(2)14-25(13-16)22-11-8-19-4-3-5-21(23(19)24-22)29-15-18-6-9-20(10-7-18)26(27)28/h3-11,16-17H,12-15H2,1-2H3. The van der Waals surface area contributed by atoms with Crippen LogP contribution in [-0.4, -0.2) is 23.0 Å². The number of piperidine rings is 1. The Bertz CT molecular complexity index is 1010. The number of fused-ring (bicyclic) bond motifs is 1. The van der Waals surface area contributed by atoms with Crippen LogP contribution >= 0.6 is 0 Å². The predicted octanol–water partition coefficient (Wildman–Crippen LogP) is 5.20. The van der Waals surface area contributed by atoms with E-state index in [1.165, 1.54) is 18.6 Å². The van der Waals surface area contributed by atoms with Gasteiger partial charge in [-0.15, -0.1) is 0 Å². The lowest BCUT2D eigenvalue weighted by molar-refractivity contribution is -0.384. The summed E-state index contributed by atoms with van der Waals surface area (Å²) in [4.78, 5) is 17.7. The third-order valence-electron chi connectivity index (χ3n) is 5.40. The fraction of sp³-hybridized carbons (Fsp3) is 0.348. The minimum absolute atomic E-state index is 0.0789. The molecule has 0 N–H and O–H groups in total. The van der Waals surface area contributed by atoms with Crippen LogP contribution in [0, 0.1) is 22.0 Å². The van der Waals surface area contributed by atoms with E-state index in [1.54, 1.807) is 12.1 Å². The number of non-ortho nitro benzene ring substituents is 1. The number of para-hydroxylation sites is 1. The van der Waals surface area contributed by atoms with Crippen LogP contribution in [0.5, 0.6) is 5.75 Å². The van der Waals surface area contributed by atoms with Crippen molar-refractivity contribution in [3.8, 4) is 5.75 Å². The molecule has 1 aliphatic heterocycles. The van der Waals surface area contributed by atoms with Gasteiger partial charge in [0.15, 0.2) is 0 Å². The molecule has 0 amide bonds. The summed E-state index contributed by atoms with van der Waals surface area (Å²) >= 11 is 0. The van der Waals surface area contributed by atoms with E-state index in [1.807, 2.05) is 18.2 Å². The van der Waals surface area contributed by atoms with Crippen LogP contribution in [0.25, 0.3) is 10.9 Å². The highest BCUT2D eigenvalue weighted by Crippen LogP contribution is 2.30. The average molecular weight is 391 g/mol. The number of hydrogen-bond donors (Lipinski definition) is 0. The third kappa shape index (κ3) is 4.31. The molecule has 2 unspecified atom stereocenters. The minimum Gasteiger partial charge on any atom is -0.487 e. The Morgan fingerprint density at radius 3 is 2.48 bits per heavy atom. The van der Waals surface area contributed by atoms with E-state index >= 15 is 0 Å². The molecule has 2 aromatic carbocycles. The van der Waals surface area contributed by atoms with Gasteiger partial charge in [0, 0.05) is 30.6 Å². The maximum absolute atomic E-state index is 10.8. The first-order valence-corrected chi connectivity index (χ1v) is 10.0. The molecule has 2 atom stereocenters. The Balaban J connectivity index is 1.56. The van der Waals surface area contributed by atoms with Gasteiger partial charge in [-0.1, -0.05) is 26.0 Å². The number of hydrogen-bond acceptors (Lipinski definition) is 5. The lowest BCUT2D eigenvalue weighted by Crippen LogP contribution is -2.39. The van der Waals surface area contributed by atoms with E-state index < -0.39 is 4.92 Å². The maximum Gasteiger partial charge on any atom is 0.269 e. The van der Waals surface area contributed by atoms with Crippen LogP contribution in [0.15, 0.2) is 54.6 Å². The van der Waals surface area contributed by atoms with Crippen molar-refractivity contribution in [1.82, 2.24) is 4.98 Å². The molecule has 1 aliphatic rings. The van der Waals surface area contributed by atoms with Crippen LogP contribution in [0.3, 0.4) is 0 Å². The zero-order valence-electron chi connectivity index (χ0n) is 16.7. The SMILES string of the molecule is CC1CC(C)CN(c2ccc3cccc(OCc4ccc([N+](=O)[O-])cc4)c3n2)C1. The summed E-state index contributed by atoms with van der Waals surface area (Å²) in [6, 6.07) is 16.5. The quantitative estimate of drug-likeness (QED) is 0.441. The molecular weight excluding hydrogens is 366 g/mol. The molecule has 0 radical (unpaired) electrons. The molecule has 1 saturated heterocycles. The topological polar surface area (TPSA) is 68.5 Å². The van der Waals surface area contributed by atoms with E-state index in [-0.39, 0.29) is 5.69 Å². The maximum atomic E-state index is 10.8. The zero-order chi connectivity index (χ0) is 20.4. The monoisotopic (exact) mass is 391 g/mol. The molecular formula is C23H25N3O3. The Morgan fingerprint density at radius 1 is 1.07 bits per heavy atom. The highest BCUT2D eigenvalue weighted by molar-refractivity contribution is 5.86. The number of nitrogens with zero attached hydrogens (tertiary/aromatic N) is 3. The number of nitro benzene ring substituents is 1. The smallest absolute Gasteiger partial charge is 0.269 e. The highest BCUT2D eigenvalue weighted by Gasteiger charge is 2.23. The molecule has 0 bridgehead atoms. The molecule has 1 aromatic heterocycles. The van der Waals surface area contributed by atoms with Gasteiger partial charge in [-0.25, -0.2) is 4.98 Å². The highest BCUT2D eigenvalue weighted by atomic mass is 16.6. The summed E-state index contributed by atoms with van der Waals surface area (Å²) < 4.78 is 6.04. The van der Waals surface area contributed by atoms with Gasteiger partial charge in [0.05, 0.1) is 4.92 Å². The van der Waals surface area contributed by atoms with Crippen molar-refractivity contribution >= 4 is 22.4 Å². The predicted molar refractivity (Wildman–Crippen MR) is 114 cm³/mol. The van der Waals surface area contributed by atoms with Crippen molar-refractivity contribution in [2.24, 2.45) is 11.8 Å². The number of rotatable bonds is 5. The number of benzene rings is 2. The number of nitro groups is 1. The summed E-state index contributed by atoms with van der Waals surface area (Å²) in [5.74, 6) is 3.03. The summed E-state index contributed by atoms with van der Waals surface area (Å²) in [7, 11) is 0. The van der Waals surface area contributed by atoms with E-state index in [2.05, 4.69) is 30.9 Å². The molecule has 29 heavy (non-hydrogen) atoms. The van der Waals surface area contributed by atoms with Gasteiger partial charge in [-0.2, -0.15) is 0 Å². The summed E-state index contributed by atoms with van der Waals surface area (Å²) in [6.07, 6.45) is 1.26. The van der Waals surface area contributed by atoms with Crippen molar-refractivity contribution in [2.75, 3.05) is 18.0 Å². The Labute approximate surface area is 170 Å². The van der Waals surface area contributed by atoms with Gasteiger partial charge in [0.1, 0.15) is 23.7 Å². The largest absolute Gasteiger partial charge is 0.487 e. The average Bonchev–Trinajstić information content (AvgIpc) is 2.71. The molecule has 1 fully saturated rings. The first kappa shape index (κ1) is 19.2. The number of ether oxygens (including phenoxy) is 1. The second-order valence-corrected chi connectivity index (χ2v) is 8.06. The summed E-state index contributed by atoms with van der Waals surface area (Å²) in [6.45, 7) is 6.97. The second-order valence-electron chi connectivity index (χ2n) is 8.06. The van der Waals surface area contributed by atoms with E-state index in [0.29, 0.717) is 18.4 Å². The number of pyridine rings is 1. The summed E-state index contributed by atoms with van der Waals surface area (Å²) in [5, 5.41) is 11.8. The molecule has 3 aromatic rings. The van der Waals surface area contributed by atoms with Crippen molar-refractivity contribution in [3.63, 3.8) is 0 Å². The lowest BCUT2D eigenvalue weighted by Gasteiger charge is -2.35. The van der Waals surface area contributed by atoms with E-state index in [4.69, 9.17) is 9.72 Å². The number of anilines is 1. The third-order valence-corrected chi connectivity index (χ3v) is 5.40. The van der Waals surface area contributed by atoms with Gasteiger partial charge >= 0.3 is 0 Å². The van der Waals surface area contributed by atoms with Gasteiger partial charge in [-0.3, -0.25) is 10.1 Å². The van der Waals surface area contributed by atoms with Crippen LogP contribution in [0.1, 0.15) is 25.8 Å². The van der Waals surface area contributed by atoms with Crippen LogP contribution in [0.4, 0.5) is 11.5 Å². The Hall–Kier alpha value is -3.15. The fourth-order valence-electron chi connectivity index (χ4n) is 4.13. The zero-order valence-corrected chi connectivity index (χ0v) is 16.7. The van der Waals surface area contributed by atoms with Gasteiger partial charge in [0.2, 0.25) is 0 Å².